The Morgan fingerprint density at radius 3 is 2.71 bits per heavy atom. The second kappa shape index (κ2) is 10.0. The van der Waals surface area contributed by atoms with Gasteiger partial charge in [0.1, 0.15) is 18.1 Å². The average molecular weight is 394 g/mol. The van der Waals surface area contributed by atoms with Gasteiger partial charge in [-0.05, 0) is 38.9 Å². The molecule has 0 saturated heterocycles. The zero-order valence-corrected chi connectivity index (χ0v) is 17.9. The molecule has 8 nitrogen and oxygen atoms in total. The molecule has 8 heteroatoms. The highest BCUT2D eigenvalue weighted by Crippen LogP contribution is 2.19. The maximum Gasteiger partial charge on any atom is 0.271 e. The molecule has 0 spiro atoms. The van der Waals surface area contributed by atoms with Crippen molar-refractivity contribution in [3.05, 3.63) is 17.7 Å². The smallest absolute Gasteiger partial charge is 0.271 e. The number of hydrogen-bond donors (Lipinski definition) is 2. The van der Waals surface area contributed by atoms with Gasteiger partial charge in [-0.3, -0.25) is 9.59 Å². The number of carbonyl (C=O) groups is 2. The largest absolute Gasteiger partial charge is 0.372 e. The highest BCUT2D eigenvalue weighted by Gasteiger charge is 2.28. The minimum atomic E-state index is -0.220. The molecule has 1 unspecified atom stereocenters. The molecule has 0 radical (unpaired) electrons. The van der Waals surface area contributed by atoms with Gasteiger partial charge in [-0.1, -0.05) is 20.8 Å². The molecule has 0 aliphatic carbocycles. The van der Waals surface area contributed by atoms with Crippen LogP contribution in [0.5, 0.6) is 0 Å². The van der Waals surface area contributed by atoms with E-state index < -0.39 is 0 Å². The molecule has 2 heterocycles. The van der Waals surface area contributed by atoms with Crippen molar-refractivity contribution in [1.82, 2.24) is 25.1 Å². The van der Waals surface area contributed by atoms with Gasteiger partial charge in [0.2, 0.25) is 5.91 Å². The van der Waals surface area contributed by atoms with E-state index in [1.807, 2.05) is 39.4 Å². The molecule has 0 bridgehead atoms. The number of nitrogens with one attached hydrogen (secondary N) is 2. The fraction of sp³-hybridized carbons (Fsp3) is 0.750. The van der Waals surface area contributed by atoms with Crippen LogP contribution in [0.25, 0.3) is 0 Å². The van der Waals surface area contributed by atoms with E-state index in [0.29, 0.717) is 38.4 Å². The highest BCUT2D eigenvalue weighted by molar-refractivity contribution is 5.92. The lowest BCUT2D eigenvalue weighted by Gasteiger charge is -2.31. The molecule has 1 atom stereocenters. The molecule has 0 fully saturated rings. The van der Waals surface area contributed by atoms with Gasteiger partial charge in [0, 0.05) is 25.7 Å². The van der Waals surface area contributed by atoms with Gasteiger partial charge >= 0.3 is 0 Å². The number of nitrogens with zero attached hydrogens (tertiary/aromatic N) is 3. The van der Waals surface area contributed by atoms with Gasteiger partial charge < -0.3 is 24.8 Å². The summed E-state index contributed by atoms with van der Waals surface area (Å²) in [5.41, 5.74) is 0.195. The molecular weight excluding hydrogens is 358 g/mol. The number of unbranched alkanes of at least 4 members (excludes halogenated alkanes) is 1. The van der Waals surface area contributed by atoms with Crippen molar-refractivity contribution < 1.29 is 14.3 Å². The first kappa shape index (κ1) is 22.4. The maximum absolute atomic E-state index is 12.7. The first-order valence-corrected chi connectivity index (χ1v) is 10.0. The summed E-state index contributed by atoms with van der Waals surface area (Å²) >= 11 is 0. The quantitative estimate of drug-likeness (QED) is 0.619. The molecular formula is C20H35N5O3. The van der Waals surface area contributed by atoms with E-state index in [0.717, 1.165) is 25.2 Å². The molecule has 2 N–H and O–H groups in total. The first-order valence-electron chi connectivity index (χ1n) is 10.0. The Hall–Kier alpha value is -1.93. The Morgan fingerprint density at radius 2 is 2.07 bits per heavy atom. The summed E-state index contributed by atoms with van der Waals surface area (Å²) < 4.78 is 7.34. The highest BCUT2D eigenvalue weighted by atomic mass is 16.5. The van der Waals surface area contributed by atoms with Crippen molar-refractivity contribution in [2.75, 3.05) is 33.8 Å². The van der Waals surface area contributed by atoms with E-state index >= 15 is 0 Å². The van der Waals surface area contributed by atoms with Crippen LogP contribution in [0.4, 0.5) is 0 Å². The Balaban J connectivity index is 1.86. The van der Waals surface area contributed by atoms with Crippen LogP contribution in [-0.4, -0.2) is 66.1 Å². The van der Waals surface area contributed by atoms with Crippen LogP contribution >= 0.6 is 0 Å². The lowest BCUT2D eigenvalue weighted by Crippen LogP contribution is -2.50. The topological polar surface area (TPSA) is 88.5 Å². The Labute approximate surface area is 168 Å². The van der Waals surface area contributed by atoms with E-state index in [-0.39, 0.29) is 23.3 Å². The van der Waals surface area contributed by atoms with Crippen LogP contribution in [0, 0.1) is 5.41 Å². The second-order valence-electron chi connectivity index (χ2n) is 8.74. The van der Waals surface area contributed by atoms with E-state index in [9.17, 15) is 9.59 Å². The molecule has 0 saturated carbocycles. The van der Waals surface area contributed by atoms with Gasteiger partial charge in [-0.15, -0.1) is 0 Å². The Kier molecular flexibility index (Phi) is 8.00. The van der Waals surface area contributed by atoms with Crippen LogP contribution in [0.1, 0.15) is 56.3 Å². The monoisotopic (exact) mass is 393 g/mol. The van der Waals surface area contributed by atoms with Crippen LogP contribution in [0.2, 0.25) is 0 Å². The number of aromatic nitrogens is 2. The second-order valence-corrected chi connectivity index (χ2v) is 8.74. The minimum absolute atomic E-state index is 0.0249. The predicted octanol–water partition coefficient (Wildman–Crippen LogP) is 1.41. The van der Waals surface area contributed by atoms with Crippen LogP contribution in [0.15, 0.2) is 6.20 Å². The molecule has 1 aliphatic heterocycles. The Morgan fingerprint density at radius 1 is 1.32 bits per heavy atom. The molecule has 1 aliphatic rings. The summed E-state index contributed by atoms with van der Waals surface area (Å²) in [4.78, 5) is 31.3. The summed E-state index contributed by atoms with van der Waals surface area (Å²) in [6, 6.07) is -0.194. The van der Waals surface area contributed by atoms with Gasteiger partial charge in [-0.2, -0.15) is 0 Å². The Bertz CT molecular complexity index is 640. The number of rotatable bonds is 9. The molecule has 1 aromatic rings. The SMILES string of the molecule is CN(C)CCCCC(=O)NCC(NC(=O)c1cn2c(n1)COCC2)C(C)(C)C. The van der Waals surface area contributed by atoms with Crippen molar-refractivity contribution in [3.63, 3.8) is 0 Å². The fourth-order valence-corrected chi connectivity index (χ4v) is 3.02. The molecule has 2 rings (SSSR count). The number of amides is 2. The zero-order valence-electron chi connectivity index (χ0n) is 17.9. The summed E-state index contributed by atoms with van der Waals surface area (Å²) in [5.74, 6) is 0.577. The van der Waals surface area contributed by atoms with Gasteiger partial charge in [0.25, 0.3) is 5.91 Å². The lowest BCUT2D eigenvalue weighted by molar-refractivity contribution is -0.121. The van der Waals surface area contributed by atoms with E-state index in [1.54, 1.807) is 6.20 Å². The molecule has 2 amide bonds. The summed E-state index contributed by atoms with van der Waals surface area (Å²) in [5, 5.41) is 6.01. The average Bonchev–Trinajstić information content (AvgIpc) is 3.05. The number of fused-ring (bicyclic) bond motifs is 1. The van der Waals surface area contributed by atoms with Crippen molar-refractivity contribution in [3.8, 4) is 0 Å². The van der Waals surface area contributed by atoms with E-state index in [2.05, 4.69) is 20.5 Å². The van der Waals surface area contributed by atoms with Gasteiger partial charge in [0.15, 0.2) is 0 Å². The fourth-order valence-electron chi connectivity index (χ4n) is 3.02. The molecule has 28 heavy (non-hydrogen) atoms. The van der Waals surface area contributed by atoms with Crippen LogP contribution < -0.4 is 10.6 Å². The standard InChI is InChI=1S/C20H35N5O3/c1-20(2,3)16(12-21-18(26)8-6-7-9-24(4)5)23-19(27)15-13-25-10-11-28-14-17(25)22-15/h13,16H,6-12,14H2,1-5H3,(H,21,26)(H,23,27). The number of ether oxygens (including phenoxy) is 1. The number of carbonyl (C=O) groups excluding carboxylic acids is 2. The zero-order chi connectivity index (χ0) is 20.7. The molecule has 1 aromatic heterocycles. The molecule has 158 valence electrons. The van der Waals surface area contributed by atoms with Crippen molar-refractivity contribution in [1.29, 1.82) is 0 Å². The van der Waals surface area contributed by atoms with Gasteiger partial charge in [0.05, 0.1) is 12.6 Å². The third-order valence-electron chi connectivity index (χ3n) is 4.91. The summed E-state index contributed by atoms with van der Waals surface area (Å²) in [7, 11) is 4.06. The van der Waals surface area contributed by atoms with Crippen LogP contribution in [-0.2, 0) is 22.7 Å². The maximum atomic E-state index is 12.7. The number of imidazole rings is 1. The lowest BCUT2D eigenvalue weighted by atomic mass is 9.86. The first-order chi connectivity index (χ1) is 13.2. The van der Waals surface area contributed by atoms with Crippen LogP contribution in [0.3, 0.4) is 0 Å². The summed E-state index contributed by atoms with van der Waals surface area (Å²) in [6.07, 6.45) is 4.13. The summed E-state index contributed by atoms with van der Waals surface area (Å²) in [6.45, 7) is 9.30. The predicted molar refractivity (Wildman–Crippen MR) is 108 cm³/mol. The van der Waals surface area contributed by atoms with Crippen molar-refractivity contribution >= 4 is 11.8 Å². The van der Waals surface area contributed by atoms with Gasteiger partial charge in [-0.25, -0.2) is 4.98 Å². The van der Waals surface area contributed by atoms with Crippen molar-refractivity contribution in [2.24, 2.45) is 5.41 Å². The third kappa shape index (κ3) is 6.91. The van der Waals surface area contributed by atoms with E-state index in [1.165, 1.54) is 0 Å². The van der Waals surface area contributed by atoms with Crippen molar-refractivity contribution in [2.45, 2.75) is 59.2 Å². The molecule has 0 aromatic carbocycles. The third-order valence-corrected chi connectivity index (χ3v) is 4.91. The normalized spacial score (nSPS) is 15.2. The van der Waals surface area contributed by atoms with E-state index in [4.69, 9.17) is 4.74 Å². The minimum Gasteiger partial charge on any atom is -0.372 e. The number of hydrogen-bond acceptors (Lipinski definition) is 5.